The number of nitriles is 1. The van der Waals surface area contributed by atoms with Crippen molar-refractivity contribution < 1.29 is 19.2 Å². The minimum absolute atomic E-state index is 0.0123. The third kappa shape index (κ3) is 5.76. The van der Waals surface area contributed by atoms with Crippen LogP contribution in [0.5, 0.6) is 5.88 Å². The van der Waals surface area contributed by atoms with Crippen LogP contribution in [0.3, 0.4) is 0 Å². The van der Waals surface area contributed by atoms with Crippen molar-refractivity contribution in [2.24, 2.45) is 5.10 Å². The third-order valence-electron chi connectivity index (χ3n) is 5.29. The topological polar surface area (TPSA) is 145 Å². The Morgan fingerprint density at radius 1 is 1.33 bits per heavy atom. The van der Waals surface area contributed by atoms with E-state index in [1.165, 1.54) is 25.5 Å². The summed E-state index contributed by atoms with van der Waals surface area (Å²) in [7, 11) is 1.51. The van der Waals surface area contributed by atoms with Crippen LogP contribution in [0.1, 0.15) is 33.8 Å². The van der Waals surface area contributed by atoms with Gasteiger partial charge < -0.3 is 14.0 Å². The van der Waals surface area contributed by atoms with Crippen LogP contribution in [0.2, 0.25) is 0 Å². The first-order valence-electron chi connectivity index (χ1n) is 10.6. The van der Waals surface area contributed by atoms with Gasteiger partial charge in [-0.15, -0.1) is 0 Å². The standard InChI is InChI=1S/C24H23BrN6O5/c1-14-9-17(16(3)30(14)18-5-7-19(8-6-18)31(33)34)11-27-29-22(32)13-36-24-20(10-26)21(12-35-4)23(25)15(2)28-24/h5-9,11H,12-13H2,1-4H3,(H,29,32)/b27-11-. The monoisotopic (exact) mass is 554 g/mol. The Bertz CT molecular complexity index is 1380. The zero-order valence-corrected chi connectivity index (χ0v) is 21.6. The van der Waals surface area contributed by atoms with Crippen molar-refractivity contribution in [1.82, 2.24) is 15.0 Å². The van der Waals surface area contributed by atoms with Crippen LogP contribution in [0.4, 0.5) is 5.69 Å². The molecule has 0 atom stereocenters. The number of hydrogen-bond donors (Lipinski definition) is 1. The van der Waals surface area contributed by atoms with Gasteiger partial charge >= 0.3 is 0 Å². The van der Waals surface area contributed by atoms with Gasteiger partial charge in [0.15, 0.2) is 6.61 Å². The summed E-state index contributed by atoms with van der Waals surface area (Å²) in [5.41, 5.74) is 7.04. The Hall–Kier alpha value is -4.08. The summed E-state index contributed by atoms with van der Waals surface area (Å²) in [5, 5.41) is 24.4. The second kappa shape index (κ2) is 11.6. The average Bonchev–Trinajstić information content (AvgIpc) is 3.13. The molecule has 0 saturated heterocycles. The van der Waals surface area contributed by atoms with E-state index in [2.05, 4.69) is 31.4 Å². The molecular weight excluding hydrogens is 532 g/mol. The van der Waals surface area contributed by atoms with Crippen molar-refractivity contribution in [2.75, 3.05) is 13.7 Å². The van der Waals surface area contributed by atoms with Gasteiger partial charge in [-0.3, -0.25) is 14.9 Å². The van der Waals surface area contributed by atoms with Crippen LogP contribution < -0.4 is 10.2 Å². The quantitative estimate of drug-likeness (QED) is 0.239. The van der Waals surface area contributed by atoms with E-state index >= 15 is 0 Å². The number of nitro groups is 1. The lowest BCUT2D eigenvalue weighted by Crippen LogP contribution is -2.25. The molecule has 1 aromatic carbocycles. The molecular formula is C24H23BrN6O5. The van der Waals surface area contributed by atoms with Crippen molar-refractivity contribution >= 4 is 33.7 Å². The normalized spacial score (nSPS) is 10.9. The predicted octanol–water partition coefficient (Wildman–Crippen LogP) is 4.02. The van der Waals surface area contributed by atoms with Crippen molar-refractivity contribution in [2.45, 2.75) is 27.4 Å². The smallest absolute Gasteiger partial charge is 0.278 e. The number of nitrogens with one attached hydrogen (secondary N) is 1. The van der Waals surface area contributed by atoms with Gasteiger partial charge in [-0.05, 0) is 54.9 Å². The SMILES string of the molecule is COCc1c(Br)c(C)nc(OCC(=O)N/N=C\c2cc(C)n(-c3ccc([N+](=O)[O-])cc3)c2C)c1C#N. The molecule has 0 unspecified atom stereocenters. The number of aryl methyl sites for hydroxylation is 2. The number of nitrogens with zero attached hydrogens (tertiary/aromatic N) is 5. The summed E-state index contributed by atoms with van der Waals surface area (Å²) >= 11 is 3.40. The second-order valence-corrected chi connectivity index (χ2v) is 8.52. The number of amides is 1. The van der Waals surface area contributed by atoms with Gasteiger partial charge in [0.1, 0.15) is 11.6 Å². The van der Waals surface area contributed by atoms with Crippen LogP contribution >= 0.6 is 15.9 Å². The zero-order chi connectivity index (χ0) is 26.4. The molecule has 0 aliphatic rings. The summed E-state index contributed by atoms with van der Waals surface area (Å²) in [6.07, 6.45) is 1.50. The van der Waals surface area contributed by atoms with E-state index in [1.807, 2.05) is 30.6 Å². The number of hydrogen-bond acceptors (Lipinski definition) is 8. The molecule has 0 saturated carbocycles. The summed E-state index contributed by atoms with van der Waals surface area (Å²) in [4.78, 5) is 27.0. The fourth-order valence-corrected chi connectivity index (χ4v) is 3.99. The van der Waals surface area contributed by atoms with Gasteiger partial charge in [-0.1, -0.05) is 0 Å². The van der Waals surface area contributed by atoms with Crippen molar-refractivity contribution in [1.29, 1.82) is 5.26 Å². The molecule has 0 bridgehead atoms. The lowest BCUT2D eigenvalue weighted by molar-refractivity contribution is -0.384. The molecule has 12 heteroatoms. The van der Waals surface area contributed by atoms with E-state index in [0.717, 1.165) is 22.6 Å². The van der Waals surface area contributed by atoms with Gasteiger partial charge in [-0.25, -0.2) is 10.4 Å². The van der Waals surface area contributed by atoms with Gasteiger partial charge in [0.2, 0.25) is 5.88 Å². The highest BCUT2D eigenvalue weighted by Crippen LogP contribution is 2.30. The Kier molecular flexibility index (Phi) is 8.52. The minimum Gasteiger partial charge on any atom is -0.467 e. The molecule has 11 nitrogen and oxygen atoms in total. The van der Waals surface area contributed by atoms with Crippen LogP contribution in [0.25, 0.3) is 5.69 Å². The third-order valence-corrected chi connectivity index (χ3v) is 6.34. The lowest BCUT2D eigenvalue weighted by atomic mass is 10.1. The fraction of sp³-hybridized carbons (Fsp3) is 0.250. The highest BCUT2D eigenvalue weighted by atomic mass is 79.9. The van der Waals surface area contributed by atoms with Crippen molar-refractivity contribution in [3.63, 3.8) is 0 Å². The maximum Gasteiger partial charge on any atom is 0.278 e. The fourth-order valence-electron chi connectivity index (χ4n) is 3.59. The van der Waals surface area contributed by atoms with Crippen LogP contribution in [-0.4, -0.2) is 40.3 Å². The maximum atomic E-state index is 12.3. The number of pyridine rings is 1. The molecule has 3 aromatic rings. The first kappa shape index (κ1) is 26.5. The number of nitro benzene ring substituents is 1. The van der Waals surface area contributed by atoms with Gasteiger partial charge in [0, 0.05) is 51.9 Å². The molecule has 36 heavy (non-hydrogen) atoms. The van der Waals surface area contributed by atoms with Crippen LogP contribution in [0.15, 0.2) is 39.9 Å². The molecule has 2 aromatic heterocycles. The number of carbonyl (C=O) groups excluding carboxylic acids is 1. The molecule has 3 rings (SSSR count). The van der Waals surface area contributed by atoms with Crippen molar-refractivity contribution in [3.8, 4) is 17.6 Å². The Morgan fingerprint density at radius 3 is 2.64 bits per heavy atom. The van der Waals surface area contributed by atoms with Gasteiger partial charge in [0.05, 0.1) is 23.4 Å². The van der Waals surface area contributed by atoms with Crippen molar-refractivity contribution in [3.05, 3.63) is 78.7 Å². The zero-order valence-electron chi connectivity index (χ0n) is 20.0. The van der Waals surface area contributed by atoms with E-state index in [4.69, 9.17) is 9.47 Å². The van der Waals surface area contributed by atoms with Crippen LogP contribution in [-0.2, 0) is 16.1 Å². The summed E-state index contributed by atoms with van der Waals surface area (Å²) in [5.74, 6) is -0.494. The van der Waals surface area contributed by atoms with E-state index in [-0.39, 0.29) is 23.7 Å². The second-order valence-electron chi connectivity index (χ2n) is 7.73. The first-order valence-corrected chi connectivity index (χ1v) is 11.4. The number of ether oxygens (including phenoxy) is 2. The molecule has 0 aliphatic heterocycles. The molecule has 2 heterocycles. The largest absolute Gasteiger partial charge is 0.467 e. The van der Waals surface area contributed by atoms with Gasteiger partial charge in [0.25, 0.3) is 11.6 Å². The Labute approximate surface area is 215 Å². The molecule has 0 radical (unpaired) electrons. The van der Waals surface area contributed by atoms with E-state index in [1.54, 1.807) is 19.1 Å². The summed E-state index contributed by atoms with van der Waals surface area (Å²) < 4.78 is 13.2. The number of rotatable bonds is 9. The number of methoxy groups -OCH3 is 1. The predicted molar refractivity (Wildman–Crippen MR) is 135 cm³/mol. The number of hydrazone groups is 1. The van der Waals surface area contributed by atoms with E-state index < -0.39 is 17.4 Å². The highest BCUT2D eigenvalue weighted by molar-refractivity contribution is 9.10. The van der Waals surface area contributed by atoms with Gasteiger partial charge in [-0.2, -0.15) is 10.4 Å². The number of carbonyl (C=O) groups is 1. The molecule has 0 aliphatic carbocycles. The minimum atomic E-state index is -0.532. The van der Waals surface area contributed by atoms with E-state index in [9.17, 15) is 20.2 Å². The Morgan fingerprint density at radius 2 is 2.03 bits per heavy atom. The van der Waals surface area contributed by atoms with E-state index in [0.29, 0.717) is 15.7 Å². The molecule has 1 amide bonds. The lowest BCUT2D eigenvalue weighted by Gasteiger charge is -2.13. The molecule has 186 valence electrons. The Balaban J connectivity index is 1.68. The maximum absolute atomic E-state index is 12.3. The van der Waals surface area contributed by atoms with Crippen LogP contribution in [0, 0.1) is 42.2 Å². The molecule has 0 spiro atoms. The number of benzene rings is 1. The summed E-state index contributed by atoms with van der Waals surface area (Å²) in [6.45, 7) is 5.31. The summed E-state index contributed by atoms with van der Waals surface area (Å²) in [6, 6.07) is 10.2. The molecule has 0 fully saturated rings. The first-order chi connectivity index (χ1) is 17.2. The average molecular weight is 555 g/mol. The molecule has 1 N–H and O–H groups in total. The number of non-ortho nitro benzene ring substituents is 1. The number of halogens is 1. The highest BCUT2D eigenvalue weighted by Gasteiger charge is 2.18. The number of aromatic nitrogens is 2.